The van der Waals surface area contributed by atoms with E-state index >= 15 is 0 Å². The summed E-state index contributed by atoms with van der Waals surface area (Å²) in [5.74, 6) is 0.0856. The fourth-order valence-corrected chi connectivity index (χ4v) is 0.924. The standard InChI is InChI=1S/C10H10O3.CH4/c1-7(11)9-3-5-10(6-4-9)13-8(2)12;/h3-6H,1-2H3;1H4. The lowest BCUT2D eigenvalue weighted by molar-refractivity contribution is -0.131. The zero-order valence-electron chi connectivity index (χ0n) is 7.53. The summed E-state index contributed by atoms with van der Waals surface area (Å²) in [6.07, 6.45) is 0. The molecule has 0 bridgehead atoms. The van der Waals surface area contributed by atoms with E-state index in [4.69, 9.17) is 4.74 Å². The third kappa shape index (κ3) is 3.39. The van der Waals surface area contributed by atoms with Gasteiger partial charge >= 0.3 is 5.97 Å². The Balaban J connectivity index is 0.00000169. The number of hydrogen-bond acceptors (Lipinski definition) is 3. The quantitative estimate of drug-likeness (QED) is 0.412. The largest absolute Gasteiger partial charge is 0.427 e. The minimum absolute atomic E-state index is 0. The highest BCUT2D eigenvalue weighted by atomic mass is 16.5. The van der Waals surface area contributed by atoms with Gasteiger partial charge in [0.05, 0.1) is 0 Å². The van der Waals surface area contributed by atoms with Gasteiger partial charge in [-0.3, -0.25) is 9.59 Å². The van der Waals surface area contributed by atoms with Crippen LogP contribution in [0.5, 0.6) is 5.75 Å². The molecule has 0 spiro atoms. The Hall–Kier alpha value is -1.64. The van der Waals surface area contributed by atoms with Crippen molar-refractivity contribution < 1.29 is 14.3 Å². The molecule has 0 atom stereocenters. The van der Waals surface area contributed by atoms with Crippen LogP contribution in [0.25, 0.3) is 0 Å². The molecule has 0 fully saturated rings. The van der Waals surface area contributed by atoms with Gasteiger partial charge in [0.15, 0.2) is 5.78 Å². The van der Waals surface area contributed by atoms with Crippen molar-refractivity contribution in [3.05, 3.63) is 29.8 Å². The SMILES string of the molecule is C.CC(=O)Oc1ccc(C(C)=O)cc1. The molecule has 3 nitrogen and oxygen atoms in total. The van der Waals surface area contributed by atoms with Gasteiger partial charge in [0.25, 0.3) is 0 Å². The first-order valence-electron chi connectivity index (χ1n) is 3.89. The second-order valence-electron chi connectivity index (χ2n) is 2.67. The molecule has 0 saturated heterocycles. The Kier molecular flexibility index (Phi) is 4.56. The maximum Gasteiger partial charge on any atom is 0.308 e. The van der Waals surface area contributed by atoms with Crippen molar-refractivity contribution in [1.82, 2.24) is 0 Å². The molecule has 1 aromatic carbocycles. The molecule has 0 heterocycles. The third-order valence-electron chi connectivity index (χ3n) is 1.52. The molecule has 0 aliphatic heterocycles. The topological polar surface area (TPSA) is 43.4 Å². The number of esters is 1. The molecule has 0 N–H and O–H groups in total. The zero-order valence-corrected chi connectivity index (χ0v) is 7.53. The molecule has 0 aliphatic rings. The fourth-order valence-electron chi connectivity index (χ4n) is 0.924. The van der Waals surface area contributed by atoms with E-state index in [0.717, 1.165) is 0 Å². The molecule has 3 heteroatoms. The first-order valence-corrected chi connectivity index (χ1v) is 3.89. The van der Waals surface area contributed by atoms with Crippen molar-refractivity contribution in [2.24, 2.45) is 0 Å². The lowest BCUT2D eigenvalue weighted by Gasteiger charge is -2.00. The highest BCUT2D eigenvalue weighted by Crippen LogP contribution is 2.12. The molecule has 76 valence electrons. The van der Waals surface area contributed by atoms with Crippen LogP contribution in [0.15, 0.2) is 24.3 Å². The summed E-state index contributed by atoms with van der Waals surface area (Å²) in [6.45, 7) is 2.82. The van der Waals surface area contributed by atoms with Gasteiger partial charge in [-0.2, -0.15) is 0 Å². The summed E-state index contributed by atoms with van der Waals surface area (Å²) >= 11 is 0. The summed E-state index contributed by atoms with van der Waals surface area (Å²) in [7, 11) is 0. The van der Waals surface area contributed by atoms with Crippen molar-refractivity contribution >= 4 is 11.8 Å². The number of ketones is 1. The van der Waals surface area contributed by atoms with Crippen molar-refractivity contribution in [2.45, 2.75) is 21.3 Å². The Morgan fingerprint density at radius 2 is 1.57 bits per heavy atom. The second-order valence-corrected chi connectivity index (χ2v) is 2.67. The normalized spacial score (nSPS) is 8.71. The third-order valence-corrected chi connectivity index (χ3v) is 1.52. The Morgan fingerprint density at radius 1 is 1.07 bits per heavy atom. The van der Waals surface area contributed by atoms with Gasteiger partial charge < -0.3 is 4.74 Å². The number of rotatable bonds is 2. The molecule has 0 radical (unpaired) electrons. The van der Waals surface area contributed by atoms with Crippen LogP contribution in [0.3, 0.4) is 0 Å². The fraction of sp³-hybridized carbons (Fsp3) is 0.273. The highest BCUT2D eigenvalue weighted by Gasteiger charge is 2.00. The molecular formula is C11H14O3. The van der Waals surface area contributed by atoms with E-state index in [1.165, 1.54) is 13.8 Å². The predicted octanol–water partition coefficient (Wildman–Crippen LogP) is 2.45. The first kappa shape index (κ1) is 12.4. The van der Waals surface area contributed by atoms with Crippen molar-refractivity contribution in [1.29, 1.82) is 0 Å². The molecule has 1 aromatic rings. The van der Waals surface area contributed by atoms with E-state index in [-0.39, 0.29) is 19.2 Å². The minimum atomic E-state index is -0.365. The van der Waals surface area contributed by atoms with Crippen LogP contribution in [0.1, 0.15) is 31.6 Å². The average Bonchev–Trinajstić information content (AvgIpc) is 2.04. The van der Waals surface area contributed by atoms with Crippen LogP contribution in [-0.2, 0) is 4.79 Å². The van der Waals surface area contributed by atoms with Gasteiger partial charge in [0.2, 0.25) is 0 Å². The Morgan fingerprint density at radius 3 is 1.93 bits per heavy atom. The van der Waals surface area contributed by atoms with Crippen molar-refractivity contribution in [3.63, 3.8) is 0 Å². The monoisotopic (exact) mass is 194 g/mol. The molecule has 0 amide bonds. The van der Waals surface area contributed by atoms with Gasteiger partial charge in [-0.25, -0.2) is 0 Å². The smallest absolute Gasteiger partial charge is 0.308 e. The number of carbonyl (C=O) groups is 2. The van der Waals surface area contributed by atoms with Gasteiger partial charge in [0.1, 0.15) is 5.75 Å². The van der Waals surface area contributed by atoms with Crippen molar-refractivity contribution in [3.8, 4) is 5.75 Å². The maximum atomic E-state index is 10.9. The lowest BCUT2D eigenvalue weighted by Crippen LogP contribution is -2.01. The van der Waals surface area contributed by atoms with Crippen LogP contribution in [0, 0.1) is 0 Å². The maximum absolute atomic E-state index is 10.9. The summed E-state index contributed by atoms with van der Waals surface area (Å²) in [6, 6.07) is 6.44. The molecule has 0 aromatic heterocycles. The van der Waals surface area contributed by atoms with Crippen LogP contribution >= 0.6 is 0 Å². The second kappa shape index (κ2) is 5.17. The number of hydrogen-bond donors (Lipinski definition) is 0. The molecule has 0 saturated carbocycles. The molecule has 1 rings (SSSR count). The number of ether oxygens (including phenoxy) is 1. The van der Waals surface area contributed by atoms with E-state index in [1.54, 1.807) is 24.3 Å². The van der Waals surface area contributed by atoms with E-state index in [2.05, 4.69) is 0 Å². The van der Waals surface area contributed by atoms with Crippen LogP contribution in [0.2, 0.25) is 0 Å². The Labute approximate surface area is 83.7 Å². The lowest BCUT2D eigenvalue weighted by atomic mass is 10.1. The molecule has 0 unspecified atom stereocenters. The van der Waals surface area contributed by atoms with Crippen molar-refractivity contribution in [2.75, 3.05) is 0 Å². The minimum Gasteiger partial charge on any atom is -0.427 e. The van der Waals surface area contributed by atoms with E-state index < -0.39 is 0 Å². The first-order chi connectivity index (χ1) is 6.09. The number of Topliss-reactive ketones (excluding diaryl/α,β-unsaturated/α-hetero) is 1. The van der Waals surface area contributed by atoms with Gasteiger partial charge in [-0.05, 0) is 31.2 Å². The summed E-state index contributed by atoms with van der Waals surface area (Å²) in [4.78, 5) is 21.4. The van der Waals surface area contributed by atoms with E-state index in [9.17, 15) is 9.59 Å². The molecule has 14 heavy (non-hydrogen) atoms. The van der Waals surface area contributed by atoms with Gasteiger partial charge in [-0.1, -0.05) is 7.43 Å². The van der Waals surface area contributed by atoms with E-state index in [1.807, 2.05) is 0 Å². The molecular weight excluding hydrogens is 180 g/mol. The highest BCUT2D eigenvalue weighted by molar-refractivity contribution is 5.94. The summed E-state index contributed by atoms with van der Waals surface area (Å²) < 4.78 is 4.80. The van der Waals surface area contributed by atoms with Crippen LogP contribution < -0.4 is 4.74 Å². The summed E-state index contributed by atoms with van der Waals surface area (Å²) in [5, 5.41) is 0. The Bertz CT molecular complexity index is 325. The summed E-state index contributed by atoms with van der Waals surface area (Å²) in [5.41, 5.74) is 0.607. The van der Waals surface area contributed by atoms with Crippen LogP contribution in [-0.4, -0.2) is 11.8 Å². The van der Waals surface area contributed by atoms with Crippen LogP contribution in [0.4, 0.5) is 0 Å². The number of benzene rings is 1. The van der Waals surface area contributed by atoms with E-state index in [0.29, 0.717) is 11.3 Å². The number of carbonyl (C=O) groups excluding carboxylic acids is 2. The predicted molar refractivity (Wildman–Crippen MR) is 54.5 cm³/mol. The molecule has 0 aliphatic carbocycles. The van der Waals surface area contributed by atoms with Gasteiger partial charge in [0, 0.05) is 12.5 Å². The average molecular weight is 194 g/mol. The zero-order chi connectivity index (χ0) is 9.84. The van der Waals surface area contributed by atoms with Gasteiger partial charge in [-0.15, -0.1) is 0 Å².